The summed E-state index contributed by atoms with van der Waals surface area (Å²) in [6.07, 6.45) is 0.445. The van der Waals surface area contributed by atoms with E-state index < -0.39 is 5.82 Å². The van der Waals surface area contributed by atoms with E-state index in [1.807, 2.05) is 6.07 Å². The zero-order chi connectivity index (χ0) is 16.7. The fourth-order valence-corrected chi connectivity index (χ4v) is 2.22. The molecule has 0 amide bonds. The number of hydrogen-bond acceptors (Lipinski definition) is 4. The third-order valence-electron chi connectivity index (χ3n) is 3.47. The minimum absolute atomic E-state index is 0.191. The highest BCUT2D eigenvalue weighted by molar-refractivity contribution is 5.45. The summed E-state index contributed by atoms with van der Waals surface area (Å²) in [5.41, 5.74) is 0.808. The number of rotatable bonds is 7. The fraction of sp³-hybridized carbons (Fsp3) is 0.278. The molecule has 0 heterocycles. The molecule has 5 heteroatoms. The SMILES string of the molecule is COc1ccc(C(C#N)CCOc2ccccc2F)cc1OC. The van der Waals surface area contributed by atoms with E-state index in [2.05, 4.69) is 6.07 Å². The summed E-state index contributed by atoms with van der Waals surface area (Å²) in [6, 6.07) is 13.8. The van der Waals surface area contributed by atoms with Gasteiger partial charge in [0.2, 0.25) is 0 Å². The molecule has 0 bridgehead atoms. The molecule has 1 unspecified atom stereocenters. The van der Waals surface area contributed by atoms with Crippen LogP contribution >= 0.6 is 0 Å². The Kier molecular flexibility index (Phi) is 5.81. The smallest absolute Gasteiger partial charge is 0.165 e. The van der Waals surface area contributed by atoms with Crippen molar-refractivity contribution in [2.45, 2.75) is 12.3 Å². The summed E-state index contributed by atoms with van der Waals surface area (Å²) < 4.78 is 29.3. The number of halogens is 1. The predicted octanol–water partition coefficient (Wildman–Crippen LogP) is 3.92. The number of hydrogen-bond donors (Lipinski definition) is 0. The van der Waals surface area contributed by atoms with E-state index >= 15 is 0 Å². The zero-order valence-corrected chi connectivity index (χ0v) is 13.1. The minimum Gasteiger partial charge on any atom is -0.493 e. The molecule has 1 atom stereocenters. The average Bonchev–Trinajstić information content (AvgIpc) is 2.59. The van der Waals surface area contributed by atoms with Crippen molar-refractivity contribution in [2.24, 2.45) is 0 Å². The second-order valence-electron chi connectivity index (χ2n) is 4.86. The first-order chi connectivity index (χ1) is 11.2. The number of nitrogens with zero attached hydrogens (tertiary/aromatic N) is 1. The summed E-state index contributed by atoms with van der Waals surface area (Å²) in [6.45, 7) is 0.244. The van der Waals surface area contributed by atoms with Crippen LogP contribution in [0.5, 0.6) is 17.2 Å². The van der Waals surface area contributed by atoms with Gasteiger partial charge in [-0.1, -0.05) is 18.2 Å². The van der Waals surface area contributed by atoms with Gasteiger partial charge in [-0.15, -0.1) is 0 Å². The van der Waals surface area contributed by atoms with Gasteiger partial charge in [0.1, 0.15) is 0 Å². The third-order valence-corrected chi connectivity index (χ3v) is 3.47. The molecule has 0 radical (unpaired) electrons. The first kappa shape index (κ1) is 16.6. The summed E-state index contributed by atoms with van der Waals surface area (Å²) in [5.74, 6) is 0.584. The summed E-state index contributed by atoms with van der Waals surface area (Å²) in [7, 11) is 3.10. The third kappa shape index (κ3) is 4.13. The highest BCUT2D eigenvalue weighted by atomic mass is 19.1. The molecule has 23 heavy (non-hydrogen) atoms. The Morgan fingerprint density at radius 1 is 1.04 bits per heavy atom. The quantitative estimate of drug-likeness (QED) is 0.777. The molecule has 2 aromatic rings. The lowest BCUT2D eigenvalue weighted by atomic mass is 9.97. The monoisotopic (exact) mass is 315 g/mol. The Bertz CT molecular complexity index is 697. The molecule has 0 spiro atoms. The maximum Gasteiger partial charge on any atom is 0.165 e. The van der Waals surface area contributed by atoms with E-state index in [9.17, 15) is 9.65 Å². The molecule has 2 aromatic carbocycles. The topological polar surface area (TPSA) is 51.5 Å². The highest BCUT2D eigenvalue weighted by Crippen LogP contribution is 2.31. The van der Waals surface area contributed by atoms with Crippen LogP contribution in [0, 0.1) is 17.1 Å². The van der Waals surface area contributed by atoms with Gasteiger partial charge in [-0.2, -0.15) is 5.26 Å². The van der Waals surface area contributed by atoms with Crippen molar-refractivity contribution in [3.8, 4) is 23.3 Å². The van der Waals surface area contributed by atoms with Crippen molar-refractivity contribution in [3.63, 3.8) is 0 Å². The van der Waals surface area contributed by atoms with Gasteiger partial charge in [-0.05, 0) is 29.8 Å². The fourth-order valence-electron chi connectivity index (χ4n) is 2.22. The second kappa shape index (κ2) is 8.04. The van der Waals surface area contributed by atoms with Crippen molar-refractivity contribution in [3.05, 3.63) is 53.8 Å². The molecule has 0 saturated carbocycles. The van der Waals surface area contributed by atoms with Gasteiger partial charge in [0, 0.05) is 6.42 Å². The lowest BCUT2D eigenvalue weighted by Crippen LogP contribution is -2.06. The summed E-state index contributed by atoms with van der Waals surface area (Å²) in [5, 5.41) is 9.37. The van der Waals surface area contributed by atoms with Gasteiger partial charge in [-0.3, -0.25) is 0 Å². The Morgan fingerprint density at radius 2 is 1.78 bits per heavy atom. The van der Waals surface area contributed by atoms with E-state index in [-0.39, 0.29) is 18.3 Å². The van der Waals surface area contributed by atoms with Gasteiger partial charge >= 0.3 is 0 Å². The standard InChI is InChI=1S/C18H18FNO3/c1-21-17-8-7-13(11-18(17)22-2)14(12-20)9-10-23-16-6-4-3-5-15(16)19/h3-8,11,14H,9-10H2,1-2H3. The summed E-state index contributed by atoms with van der Waals surface area (Å²) in [4.78, 5) is 0. The van der Waals surface area contributed by atoms with Crippen molar-refractivity contribution in [1.82, 2.24) is 0 Å². The molecule has 2 rings (SSSR count). The van der Waals surface area contributed by atoms with Gasteiger partial charge < -0.3 is 14.2 Å². The molecule has 4 nitrogen and oxygen atoms in total. The Morgan fingerprint density at radius 3 is 2.43 bits per heavy atom. The molecular weight excluding hydrogens is 297 g/mol. The van der Waals surface area contributed by atoms with Crippen molar-refractivity contribution in [2.75, 3.05) is 20.8 Å². The van der Waals surface area contributed by atoms with Crippen LogP contribution in [0.15, 0.2) is 42.5 Å². The molecule has 0 aliphatic heterocycles. The Labute approximate surface area is 135 Å². The van der Waals surface area contributed by atoms with E-state index in [4.69, 9.17) is 14.2 Å². The second-order valence-corrected chi connectivity index (χ2v) is 4.86. The molecule has 120 valence electrons. The van der Waals surface area contributed by atoms with Crippen LogP contribution in [0.2, 0.25) is 0 Å². The van der Waals surface area contributed by atoms with Crippen LogP contribution in [0.1, 0.15) is 17.9 Å². The first-order valence-corrected chi connectivity index (χ1v) is 7.18. The van der Waals surface area contributed by atoms with E-state index in [1.165, 1.54) is 6.07 Å². The van der Waals surface area contributed by atoms with Crippen molar-refractivity contribution < 1.29 is 18.6 Å². The predicted molar refractivity (Wildman–Crippen MR) is 84.4 cm³/mol. The normalized spacial score (nSPS) is 11.4. The lowest BCUT2D eigenvalue weighted by Gasteiger charge is -2.14. The van der Waals surface area contributed by atoms with E-state index in [0.717, 1.165) is 5.56 Å². The number of para-hydroxylation sites is 1. The van der Waals surface area contributed by atoms with Crippen LogP contribution in [-0.2, 0) is 0 Å². The van der Waals surface area contributed by atoms with Crippen LogP contribution < -0.4 is 14.2 Å². The van der Waals surface area contributed by atoms with E-state index in [1.54, 1.807) is 44.6 Å². The maximum absolute atomic E-state index is 13.5. The van der Waals surface area contributed by atoms with Crippen LogP contribution in [-0.4, -0.2) is 20.8 Å². The molecule has 0 saturated heterocycles. The van der Waals surface area contributed by atoms with Gasteiger partial charge in [-0.25, -0.2) is 4.39 Å². The molecular formula is C18H18FNO3. The number of nitriles is 1. The number of benzene rings is 2. The lowest BCUT2D eigenvalue weighted by molar-refractivity contribution is 0.291. The van der Waals surface area contributed by atoms with Crippen molar-refractivity contribution in [1.29, 1.82) is 5.26 Å². The highest BCUT2D eigenvalue weighted by Gasteiger charge is 2.14. The number of ether oxygens (including phenoxy) is 3. The molecule has 0 aliphatic carbocycles. The largest absolute Gasteiger partial charge is 0.493 e. The van der Waals surface area contributed by atoms with Crippen LogP contribution in [0.4, 0.5) is 4.39 Å². The van der Waals surface area contributed by atoms with Crippen molar-refractivity contribution >= 4 is 0 Å². The molecule has 0 N–H and O–H groups in total. The Balaban J connectivity index is 2.03. The van der Waals surface area contributed by atoms with Gasteiger partial charge in [0.15, 0.2) is 23.1 Å². The molecule has 0 aliphatic rings. The number of methoxy groups -OCH3 is 2. The summed E-state index contributed by atoms with van der Waals surface area (Å²) >= 11 is 0. The zero-order valence-electron chi connectivity index (χ0n) is 13.1. The van der Waals surface area contributed by atoms with Crippen LogP contribution in [0.3, 0.4) is 0 Å². The molecule has 0 aromatic heterocycles. The Hall–Kier alpha value is -2.74. The van der Waals surface area contributed by atoms with Gasteiger partial charge in [0.25, 0.3) is 0 Å². The van der Waals surface area contributed by atoms with Crippen LogP contribution in [0.25, 0.3) is 0 Å². The van der Waals surface area contributed by atoms with E-state index in [0.29, 0.717) is 17.9 Å². The maximum atomic E-state index is 13.5. The first-order valence-electron chi connectivity index (χ1n) is 7.18. The average molecular weight is 315 g/mol. The molecule has 0 fully saturated rings. The van der Waals surface area contributed by atoms with Gasteiger partial charge in [0.05, 0.1) is 32.8 Å². The minimum atomic E-state index is -0.410.